The summed E-state index contributed by atoms with van der Waals surface area (Å²) in [4.78, 5) is 31.7. The second kappa shape index (κ2) is 7.98. The minimum atomic E-state index is -0.172. The van der Waals surface area contributed by atoms with E-state index in [9.17, 15) is 9.59 Å². The molecule has 1 aromatic carbocycles. The molecule has 6 nitrogen and oxygen atoms in total. The largest absolute Gasteiger partial charge is 0.350 e. The van der Waals surface area contributed by atoms with Crippen molar-refractivity contribution in [3.8, 4) is 0 Å². The van der Waals surface area contributed by atoms with E-state index in [-0.39, 0.29) is 18.5 Å². The van der Waals surface area contributed by atoms with Crippen molar-refractivity contribution in [1.29, 1.82) is 0 Å². The summed E-state index contributed by atoms with van der Waals surface area (Å²) in [5.41, 5.74) is 1.95. The van der Waals surface area contributed by atoms with E-state index >= 15 is 0 Å². The number of pyridine rings is 1. The van der Waals surface area contributed by atoms with Crippen LogP contribution >= 0.6 is 11.6 Å². The maximum Gasteiger partial charge on any atom is 0.320 e. The summed E-state index contributed by atoms with van der Waals surface area (Å²) in [5, 5.41) is 3.47. The second-order valence-electron chi connectivity index (χ2n) is 5.89. The SMILES string of the molecule is O=C(CN1CCN(Cc2cccc(Cl)c2)C1=O)NCc1ccncc1. The number of rotatable bonds is 6. The molecule has 2 aromatic rings. The number of halogens is 1. The molecule has 0 atom stereocenters. The minimum Gasteiger partial charge on any atom is -0.350 e. The summed E-state index contributed by atoms with van der Waals surface area (Å²) in [6.45, 7) is 2.13. The third-order valence-electron chi connectivity index (χ3n) is 4.02. The first-order valence-electron chi connectivity index (χ1n) is 8.06. The molecule has 1 saturated heterocycles. The fourth-order valence-electron chi connectivity index (χ4n) is 2.71. The van der Waals surface area contributed by atoms with E-state index in [0.29, 0.717) is 31.2 Å². The summed E-state index contributed by atoms with van der Waals surface area (Å²) >= 11 is 5.98. The highest BCUT2D eigenvalue weighted by molar-refractivity contribution is 6.30. The predicted octanol–water partition coefficient (Wildman–Crippen LogP) is 2.29. The number of amides is 3. The predicted molar refractivity (Wildman–Crippen MR) is 94.9 cm³/mol. The van der Waals surface area contributed by atoms with E-state index in [0.717, 1.165) is 11.1 Å². The van der Waals surface area contributed by atoms with Crippen LogP contribution in [-0.2, 0) is 17.9 Å². The number of urea groups is 1. The van der Waals surface area contributed by atoms with Crippen LogP contribution in [0.25, 0.3) is 0 Å². The lowest BCUT2D eigenvalue weighted by Gasteiger charge is -2.18. The van der Waals surface area contributed by atoms with Gasteiger partial charge in [-0.2, -0.15) is 0 Å². The number of nitrogens with zero attached hydrogens (tertiary/aromatic N) is 3. The minimum absolute atomic E-state index is 0.0654. The molecule has 7 heteroatoms. The third-order valence-corrected chi connectivity index (χ3v) is 4.25. The van der Waals surface area contributed by atoms with Crippen LogP contribution in [0, 0.1) is 0 Å². The van der Waals surface area contributed by atoms with Gasteiger partial charge in [-0.1, -0.05) is 23.7 Å². The summed E-state index contributed by atoms with van der Waals surface area (Å²) < 4.78 is 0. The lowest BCUT2D eigenvalue weighted by atomic mass is 10.2. The molecule has 0 spiro atoms. The Bertz CT molecular complexity index is 754. The first-order valence-corrected chi connectivity index (χ1v) is 8.43. The van der Waals surface area contributed by atoms with Gasteiger partial charge >= 0.3 is 6.03 Å². The Kier molecular flexibility index (Phi) is 5.50. The van der Waals surface area contributed by atoms with E-state index in [4.69, 9.17) is 11.6 Å². The van der Waals surface area contributed by atoms with Gasteiger partial charge in [0.05, 0.1) is 0 Å². The quantitative estimate of drug-likeness (QED) is 0.861. The van der Waals surface area contributed by atoms with Crippen LogP contribution in [0.15, 0.2) is 48.8 Å². The van der Waals surface area contributed by atoms with Gasteiger partial charge in [0.2, 0.25) is 5.91 Å². The number of carbonyl (C=O) groups is 2. The first kappa shape index (κ1) is 17.2. The molecule has 1 N–H and O–H groups in total. The summed E-state index contributed by atoms with van der Waals surface area (Å²) in [6, 6.07) is 11.0. The van der Waals surface area contributed by atoms with Crippen molar-refractivity contribution in [3.05, 3.63) is 64.9 Å². The number of hydrogen-bond acceptors (Lipinski definition) is 3. The number of aromatic nitrogens is 1. The maximum absolute atomic E-state index is 12.4. The van der Waals surface area contributed by atoms with Crippen LogP contribution in [0.4, 0.5) is 4.79 Å². The van der Waals surface area contributed by atoms with Crippen LogP contribution in [0.3, 0.4) is 0 Å². The normalized spacial score (nSPS) is 14.0. The fraction of sp³-hybridized carbons (Fsp3) is 0.278. The van der Waals surface area contributed by atoms with Gasteiger partial charge in [-0.15, -0.1) is 0 Å². The molecule has 0 unspecified atom stereocenters. The molecular weight excluding hydrogens is 340 g/mol. The Morgan fingerprint density at radius 3 is 2.64 bits per heavy atom. The van der Waals surface area contributed by atoms with Gasteiger partial charge in [0.15, 0.2) is 0 Å². The monoisotopic (exact) mass is 358 g/mol. The Morgan fingerprint density at radius 1 is 1.12 bits per heavy atom. The summed E-state index contributed by atoms with van der Waals surface area (Å²) in [7, 11) is 0. The molecule has 1 aliphatic rings. The van der Waals surface area contributed by atoms with E-state index in [1.54, 1.807) is 28.3 Å². The zero-order valence-corrected chi connectivity index (χ0v) is 14.4. The van der Waals surface area contributed by atoms with Crippen molar-refractivity contribution < 1.29 is 9.59 Å². The van der Waals surface area contributed by atoms with Gasteiger partial charge in [-0.3, -0.25) is 9.78 Å². The van der Waals surface area contributed by atoms with Crippen molar-refractivity contribution in [2.45, 2.75) is 13.1 Å². The van der Waals surface area contributed by atoms with E-state index in [1.165, 1.54) is 0 Å². The number of benzene rings is 1. The van der Waals surface area contributed by atoms with Gasteiger partial charge in [-0.25, -0.2) is 4.79 Å². The van der Waals surface area contributed by atoms with Crippen LogP contribution in [0.1, 0.15) is 11.1 Å². The Morgan fingerprint density at radius 2 is 1.88 bits per heavy atom. The van der Waals surface area contributed by atoms with Crippen LogP contribution in [0.2, 0.25) is 5.02 Å². The number of nitrogens with one attached hydrogen (secondary N) is 1. The average Bonchev–Trinajstić information content (AvgIpc) is 2.94. The van der Waals surface area contributed by atoms with E-state index in [2.05, 4.69) is 10.3 Å². The molecule has 130 valence electrons. The molecule has 1 aliphatic heterocycles. The van der Waals surface area contributed by atoms with Gasteiger partial charge < -0.3 is 15.1 Å². The van der Waals surface area contributed by atoms with Crippen molar-refractivity contribution >= 4 is 23.5 Å². The lowest BCUT2D eigenvalue weighted by molar-refractivity contribution is -0.121. The van der Waals surface area contributed by atoms with Crippen molar-refractivity contribution in [1.82, 2.24) is 20.1 Å². The molecule has 1 aromatic heterocycles. The number of hydrogen-bond donors (Lipinski definition) is 1. The van der Waals surface area contributed by atoms with Crippen LogP contribution in [-0.4, -0.2) is 46.4 Å². The molecule has 0 bridgehead atoms. The first-order chi connectivity index (χ1) is 12.1. The highest BCUT2D eigenvalue weighted by Crippen LogP contribution is 2.16. The second-order valence-corrected chi connectivity index (χ2v) is 6.32. The standard InChI is InChI=1S/C18H19ClN4O2/c19-16-3-1-2-15(10-16)12-22-8-9-23(18(22)25)13-17(24)21-11-14-4-6-20-7-5-14/h1-7,10H,8-9,11-13H2,(H,21,24). The Hall–Kier alpha value is -2.60. The van der Waals surface area contributed by atoms with Crippen molar-refractivity contribution in [2.24, 2.45) is 0 Å². The number of carbonyl (C=O) groups excluding carboxylic acids is 2. The molecule has 25 heavy (non-hydrogen) atoms. The molecule has 0 saturated carbocycles. The topological polar surface area (TPSA) is 65.5 Å². The lowest BCUT2D eigenvalue weighted by Crippen LogP contribution is -2.39. The zero-order chi connectivity index (χ0) is 17.6. The molecule has 2 heterocycles. The van der Waals surface area contributed by atoms with Crippen molar-refractivity contribution in [3.63, 3.8) is 0 Å². The maximum atomic E-state index is 12.4. The van der Waals surface area contributed by atoms with Gasteiger partial charge in [0, 0.05) is 43.6 Å². The highest BCUT2D eigenvalue weighted by atomic mass is 35.5. The fourth-order valence-corrected chi connectivity index (χ4v) is 2.93. The van der Waals surface area contributed by atoms with Crippen LogP contribution < -0.4 is 5.32 Å². The smallest absolute Gasteiger partial charge is 0.320 e. The third kappa shape index (κ3) is 4.70. The molecule has 0 radical (unpaired) electrons. The van der Waals surface area contributed by atoms with E-state index in [1.807, 2.05) is 30.3 Å². The molecular formula is C18H19ClN4O2. The molecule has 3 rings (SSSR count). The van der Waals surface area contributed by atoms with Gasteiger partial charge in [-0.05, 0) is 35.4 Å². The van der Waals surface area contributed by atoms with Crippen LogP contribution in [0.5, 0.6) is 0 Å². The highest BCUT2D eigenvalue weighted by Gasteiger charge is 2.29. The average molecular weight is 359 g/mol. The Labute approximate surface area is 151 Å². The van der Waals surface area contributed by atoms with Gasteiger partial charge in [0.1, 0.15) is 6.54 Å². The van der Waals surface area contributed by atoms with Crippen molar-refractivity contribution in [2.75, 3.05) is 19.6 Å². The molecule has 0 aliphatic carbocycles. The Balaban J connectivity index is 1.49. The van der Waals surface area contributed by atoms with E-state index < -0.39 is 0 Å². The summed E-state index contributed by atoms with van der Waals surface area (Å²) in [6.07, 6.45) is 3.36. The molecule has 1 fully saturated rings. The zero-order valence-electron chi connectivity index (χ0n) is 13.7. The molecule has 3 amide bonds. The summed E-state index contributed by atoms with van der Waals surface area (Å²) in [5.74, 6) is -0.172. The van der Waals surface area contributed by atoms with Gasteiger partial charge in [0.25, 0.3) is 0 Å².